The third-order valence-corrected chi connectivity index (χ3v) is 5.59. The lowest BCUT2D eigenvalue weighted by Gasteiger charge is -2.47. The Morgan fingerprint density at radius 1 is 1.26 bits per heavy atom. The number of hydrogen-bond acceptors (Lipinski definition) is 6. The first-order chi connectivity index (χ1) is 15.9. The Bertz CT molecular complexity index is 1240. The Balaban J connectivity index is 1.89. The van der Waals surface area contributed by atoms with Crippen LogP contribution in [0.15, 0.2) is 30.7 Å². The number of nitriles is 1. The molecule has 3 aromatic rings. The standard InChI is InChI=1S/C25H32N6O3/c1-16(2)10-25(7,31(23(32)33)24(4,5)6)15-34-21-9-8-20(29-17(21)3)19-13-28-30-14-18(11-26)12-27-22(19)30/h8-9,12-14,16H,10,15H2,1-7H3,(H,32,33)/t25-/m0/s1. The normalized spacial score (nSPS) is 13.5. The van der Waals surface area contributed by atoms with E-state index in [-0.39, 0.29) is 12.5 Å². The van der Waals surface area contributed by atoms with Gasteiger partial charge in [-0.3, -0.25) is 4.90 Å². The van der Waals surface area contributed by atoms with E-state index in [1.807, 2.05) is 46.8 Å². The van der Waals surface area contributed by atoms with Gasteiger partial charge in [-0.2, -0.15) is 10.4 Å². The number of carbonyl (C=O) groups is 1. The molecule has 9 heteroatoms. The topological polar surface area (TPSA) is 117 Å². The number of hydrogen-bond donors (Lipinski definition) is 1. The van der Waals surface area contributed by atoms with E-state index in [1.54, 1.807) is 16.9 Å². The van der Waals surface area contributed by atoms with Crippen LogP contribution in [0.25, 0.3) is 16.9 Å². The van der Waals surface area contributed by atoms with Crippen LogP contribution in [0.1, 0.15) is 59.2 Å². The second-order valence-corrected chi connectivity index (χ2v) is 10.2. The first kappa shape index (κ1) is 25.0. The van der Waals surface area contributed by atoms with E-state index < -0.39 is 17.2 Å². The minimum absolute atomic E-state index is 0.200. The Labute approximate surface area is 200 Å². The summed E-state index contributed by atoms with van der Waals surface area (Å²) in [6.45, 7) is 13.8. The number of aromatic nitrogens is 4. The molecule has 1 N–H and O–H groups in total. The lowest BCUT2D eigenvalue weighted by molar-refractivity contribution is -0.0110. The molecular formula is C25H32N6O3. The molecule has 0 spiro atoms. The van der Waals surface area contributed by atoms with Crippen molar-refractivity contribution in [2.45, 2.75) is 66.0 Å². The van der Waals surface area contributed by atoms with Gasteiger partial charge in [0.2, 0.25) is 0 Å². The van der Waals surface area contributed by atoms with Crippen molar-refractivity contribution in [3.8, 4) is 23.1 Å². The van der Waals surface area contributed by atoms with Gasteiger partial charge in [0.15, 0.2) is 5.65 Å². The van der Waals surface area contributed by atoms with Crippen LogP contribution in [0, 0.1) is 24.2 Å². The first-order valence-corrected chi connectivity index (χ1v) is 11.2. The monoisotopic (exact) mass is 464 g/mol. The summed E-state index contributed by atoms with van der Waals surface area (Å²) in [6.07, 6.45) is 4.47. The number of fused-ring (bicyclic) bond motifs is 1. The summed E-state index contributed by atoms with van der Waals surface area (Å²) in [5.41, 5.74) is 1.82. The molecule has 0 radical (unpaired) electrons. The Morgan fingerprint density at radius 2 is 1.97 bits per heavy atom. The fourth-order valence-corrected chi connectivity index (χ4v) is 4.62. The summed E-state index contributed by atoms with van der Waals surface area (Å²) in [4.78, 5) is 22.7. The van der Waals surface area contributed by atoms with Crippen molar-refractivity contribution in [3.05, 3.63) is 42.0 Å². The number of amides is 1. The molecule has 0 aliphatic carbocycles. The highest BCUT2D eigenvalue weighted by molar-refractivity contribution is 5.74. The molecule has 0 saturated carbocycles. The highest BCUT2D eigenvalue weighted by Gasteiger charge is 2.43. The molecule has 34 heavy (non-hydrogen) atoms. The highest BCUT2D eigenvalue weighted by Crippen LogP contribution is 2.33. The summed E-state index contributed by atoms with van der Waals surface area (Å²) in [7, 11) is 0. The lowest BCUT2D eigenvalue weighted by atomic mass is 9.86. The van der Waals surface area contributed by atoms with Crippen molar-refractivity contribution in [1.29, 1.82) is 5.26 Å². The minimum Gasteiger partial charge on any atom is -0.489 e. The molecule has 3 heterocycles. The molecule has 0 saturated heterocycles. The number of pyridine rings is 1. The number of nitrogens with zero attached hydrogens (tertiary/aromatic N) is 6. The van der Waals surface area contributed by atoms with Gasteiger partial charge in [0.1, 0.15) is 18.4 Å². The van der Waals surface area contributed by atoms with Crippen LogP contribution in [0.5, 0.6) is 5.75 Å². The van der Waals surface area contributed by atoms with Crippen LogP contribution in [0.3, 0.4) is 0 Å². The van der Waals surface area contributed by atoms with Crippen molar-refractivity contribution in [2.24, 2.45) is 5.92 Å². The van der Waals surface area contributed by atoms with E-state index in [0.717, 1.165) is 5.56 Å². The zero-order valence-corrected chi connectivity index (χ0v) is 20.8. The van der Waals surface area contributed by atoms with Gasteiger partial charge in [0.05, 0.1) is 40.4 Å². The molecule has 0 unspecified atom stereocenters. The Hall–Kier alpha value is -3.67. The van der Waals surface area contributed by atoms with Gasteiger partial charge in [0, 0.05) is 11.7 Å². The van der Waals surface area contributed by atoms with Gasteiger partial charge >= 0.3 is 6.09 Å². The molecule has 0 aromatic carbocycles. The van der Waals surface area contributed by atoms with E-state index in [2.05, 4.69) is 35.0 Å². The van der Waals surface area contributed by atoms with Gasteiger partial charge in [-0.1, -0.05) is 13.8 Å². The van der Waals surface area contributed by atoms with E-state index in [1.165, 1.54) is 11.1 Å². The van der Waals surface area contributed by atoms with Gasteiger partial charge < -0.3 is 9.84 Å². The third kappa shape index (κ3) is 5.11. The van der Waals surface area contributed by atoms with Crippen LogP contribution in [-0.4, -0.2) is 53.4 Å². The zero-order valence-electron chi connectivity index (χ0n) is 20.8. The van der Waals surface area contributed by atoms with E-state index in [4.69, 9.17) is 10.00 Å². The van der Waals surface area contributed by atoms with Gasteiger partial charge in [-0.25, -0.2) is 19.3 Å². The number of ether oxygens (including phenoxy) is 1. The predicted octanol–water partition coefficient (Wildman–Crippen LogP) is 4.93. The molecule has 9 nitrogen and oxygen atoms in total. The Kier molecular flexibility index (Phi) is 6.82. The third-order valence-electron chi connectivity index (χ3n) is 5.59. The molecule has 0 fully saturated rings. The van der Waals surface area contributed by atoms with E-state index in [9.17, 15) is 9.90 Å². The minimum atomic E-state index is -0.968. The molecule has 1 atom stereocenters. The van der Waals surface area contributed by atoms with Crippen molar-refractivity contribution >= 4 is 11.7 Å². The summed E-state index contributed by atoms with van der Waals surface area (Å²) in [6, 6.07) is 5.72. The average molecular weight is 465 g/mol. The quantitative estimate of drug-likeness (QED) is 0.527. The summed E-state index contributed by atoms with van der Waals surface area (Å²) in [5, 5.41) is 23.3. The fourth-order valence-electron chi connectivity index (χ4n) is 4.62. The van der Waals surface area contributed by atoms with Gasteiger partial charge in [-0.05, 0) is 59.1 Å². The molecule has 0 aliphatic rings. The summed E-state index contributed by atoms with van der Waals surface area (Å²) in [5.74, 6) is 0.873. The summed E-state index contributed by atoms with van der Waals surface area (Å²) >= 11 is 0. The molecule has 3 rings (SSSR count). The molecule has 3 aromatic heterocycles. The smallest absolute Gasteiger partial charge is 0.408 e. The maximum atomic E-state index is 12.2. The van der Waals surface area contributed by atoms with Crippen molar-refractivity contribution in [3.63, 3.8) is 0 Å². The SMILES string of the molecule is Cc1nc(-c2cnn3cc(C#N)cnc23)ccc1OC[C@](C)(CC(C)C)N(C(=O)O)C(C)(C)C. The second kappa shape index (κ2) is 9.29. The van der Waals surface area contributed by atoms with Crippen molar-refractivity contribution in [2.75, 3.05) is 6.61 Å². The van der Waals surface area contributed by atoms with Crippen LogP contribution in [-0.2, 0) is 0 Å². The van der Waals surface area contributed by atoms with Crippen LogP contribution in [0.4, 0.5) is 4.79 Å². The van der Waals surface area contributed by atoms with Crippen LogP contribution in [0.2, 0.25) is 0 Å². The van der Waals surface area contributed by atoms with Crippen LogP contribution >= 0.6 is 0 Å². The van der Waals surface area contributed by atoms with Crippen LogP contribution < -0.4 is 4.74 Å². The Morgan fingerprint density at radius 3 is 2.53 bits per heavy atom. The van der Waals surface area contributed by atoms with E-state index in [0.29, 0.717) is 34.8 Å². The maximum Gasteiger partial charge on any atom is 0.408 e. The van der Waals surface area contributed by atoms with E-state index >= 15 is 0 Å². The molecule has 0 bridgehead atoms. The average Bonchev–Trinajstić information content (AvgIpc) is 3.13. The molecule has 1 amide bonds. The predicted molar refractivity (Wildman–Crippen MR) is 129 cm³/mol. The number of carboxylic acid groups (broad SMARTS) is 1. The molecule has 0 aliphatic heterocycles. The largest absolute Gasteiger partial charge is 0.489 e. The van der Waals surface area contributed by atoms with Crippen molar-refractivity contribution < 1.29 is 14.6 Å². The molecule has 180 valence electrons. The number of aryl methyl sites for hydroxylation is 1. The fraction of sp³-hybridized carbons (Fsp3) is 0.480. The van der Waals surface area contributed by atoms with Gasteiger partial charge in [-0.15, -0.1) is 0 Å². The lowest BCUT2D eigenvalue weighted by Crippen LogP contribution is -2.61. The maximum absolute atomic E-state index is 12.2. The van der Waals surface area contributed by atoms with Gasteiger partial charge in [0.25, 0.3) is 0 Å². The number of rotatable bonds is 7. The highest BCUT2D eigenvalue weighted by atomic mass is 16.5. The summed E-state index contributed by atoms with van der Waals surface area (Å²) < 4.78 is 7.73. The van der Waals surface area contributed by atoms with Crippen molar-refractivity contribution in [1.82, 2.24) is 24.5 Å². The zero-order chi connectivity index (χ0) is 25.3. The second-order valence-electron chi connectivity index (χ2n) is 10.2. The first-order valence-electron chi connectivity index (χ1n) is 11.2. The molecular weight excluding hydrogens is 432 g/mol.